The predicted molar refractivity (Wildman–Crippen MR) is 149 cm³/mol. The zero-order chi connectivity index (χ0) is 28.2. The van der Waals surface area contributed by atoms with Crippen molar-refractivity contribution in [3.05, 3.63) is 97.2 Å². The summed E-state index contributed by atoms with van der Waals surface area (Å²) in [5, 5.41) is 5.06. The van der Waals surface area contributed by atoms with Gasteiger partial charge in [-0.2, -0.15) is 0 Å². The van der Waals surface area contributed by atoms with Crippen molar-refractivity contribution in [1.82, 2.24) is 20.6 Å². The van der Waals surface area contributed by atoms with Gasteiger partial charge in [-0.25, -0.2) is 21.8 Å². The molecule has 0 saturated heterocycles. The number of hydrazine groups is 1. The number of carbonyl (C=O) groups is 2. The summed E-state index contributed by atoms with van der Waals surface area (Å²) in [7, 11) is -7.85. The molecule has 0 aliphatic rings. The Balaban J connectivity index is 1.32. The van der Waals surface area contributed by atoms with E-state index in [2.05, 4.69) is 15.7 Å². The van der Waals surface area contributed by atoms with Gasteiger partial charge >= 0.3 is 0 Å². The molecule has 2 aromatic heterocycles. The number of hydrogen-bond acceptors (Lipinski definition) is 9. The van der Waals surface area contributed by atoms with Crippen molar-refractivity contribution in [3.8, 4) is 0 Å². The van der Waals surface area contributed by atoms with Crippen LogP contribution in [-0.2, 0) is 32.2 Å². The topological polar surface area (TPSA) is 151 Å². The van der Waals surface area contributed by atoms with Crippen molar-refractivity contribution in [3.63, 3.8) is 0 Å². The molecule has 0 saturated carbocycles. The zero-order valence-electron chi connectivity index (χ0n) is 19.6. The minimum atomic E-state index is -4.12. The molecule has 0 spiro atoms. The quantitative estimate of drug-likeness (QED) is 0.220. The molecular weight excluding hydrogens is 627 g/mol. The lowest BCUT2D eigenvalue weighted by molar-refractivity contribution is 0.0936. The molecule has 0 unspecified atom stereocenters. The van der Waals surface area contributed by atoms with E-state index in [4.69, 9.17) is 23.2 Å². The summed E-state index contributed by atoms with van der Waals surface area (Å²) >= 11 is 13.5. The Morgan fingerprint density at radius 1 is 0.846 bits per heavy atom. The minimum absolute atomic E-state index is 0.0562. The van der Waals surface area contributed by atoms with Crippen LogP contribution in [0.3, 0.4) is 0 Å². The number of aromatic nitrogens is 1. The van der Waals surface area contributed by atoms with E-state index in [1.165, 1.54) is 41.8 Å². The molecule has 2 aromatic carbocycles. The molecule has 39 heavy (non-hydrogen) atoms. The van der Waals surface area contributed by atoms with Crippen molar-refractivity contribution in [2.24, 2.45) is 0 Å². The maximum atomic E-state index is 12.6. The Kier molecular flexibility index (Phi) is 9.06. The van der Waals surface area contributed by atoms with Gasteiger partial charge in [0, 0.05) is 25.9 Å². The van der Waals surface area contributed by atoms with Crippen LogP contribution in [0.1, 0.15) is 30.7 Å². The van der Waals surface area contributed by atoms with Crippen LogP contribution in [0.2, 0.25) is 10.0 Å². The van der Waals surface area contributed by atoms with Crippen LogP contribution >= 0.6 is 45.9 Å². The number of nitrogens with zero attached hydrogens (tertiary/aromatic N) is 1. The fourth-order valence-electron chi connectivity index (χ4n) is 3.07. The van der Waals surface area contributed by atoms with Crippen molar-refractivity contribution in [1.29, 1.82) is 0 Å². The van der Waals surface area contributed by atoms with Crippen molar-refractivity contribution in [2.45, 2.75) is 21.4 Å². The summed E-state index contributed by atoms with van der Waals surface area (Å²) in [5.41, 5.74) is 2.32. The number of nitrogens with one attached hydrogen (secondary N) is 3. The summed E-state index contributed by atoms with van der Waals surface area (Å²) < 4.78 is 50.3. The third kappa shape index (κ3) is 7.63. The van der Waals surface area contributed by atoms with E-state index in [0.29, 0.717) is 20.5 Å². The number of benzene rings is 2. The van der Waals surface area contributed by atoms with Gasteiger partial charge in [-0.05, 0) is 60.7 Å². The Labute approximate surface area is 241 Å². The molecule has 0 aliphatic carbocycles. The fourth-order valence-corrected chi connectivity index (χ4v) is 7.86. The zero-order valence-corrected chi connectivity index (χ0v) is 24.3. The summed E-state index contributed by atoms with van der Waals surface area (Å²) in [6.45, 7) is 0.0918. The van der Waals surface area contributed by atoms with E-state index in [0.717, 1.165) is 22.7 Å². The van der Waals surface area contributed by atoms with Gasteiger partial charge in [-0.1, -0.05) is 23.2 Å². The molecule has 10 nitrogen and oxygen atoms in total. The molecule has 0 radical (unpaired) electrons. The SMILES string of the molecule is O=C(NCc1ccc(S(=O)(=O)NNC(=O)c2csc(CS(=O)(=O)c3ccc(Cl)cc3)n2)s1)c1ccc(Cl)cc1. The first-order valence-electron chi connectivity index (χ1n) is 10.8. The minimum Gasteiger partial charge on any atom is -0.347 e. The number of sulfone groups is 1. The number of carbonyl (C=O) groups excluding carboxylic acids is 2. The highest BCUT2D eigenvalue weighted by atomic mass is 35.5. The lowest BCUT2D eigenvalue weighted by Gasteiger charge is -2.06. The van der Waals surface area contributed by atoms with E-state index in [9.17, 15) is 26.4 Å². The molecule has 0 bridgehead atoms. The van der Waals surface area contributed by atoms with Crippen LogP contribution in [0.25, 0.3) is 0 Å². The van der Waals surface area contributed by atoms with Gasteiger partial charge in [-0.15, -0.1) is 27.5 Å². The number of hydrogen-bond donors (Lipinski definition) is 3. The molecule has 0 atom stereocenters. The standard InChI is InChI=1S/C23H18Cl2N4O6S4/c24-15-3-1-14(2-4-15)22(30)26-11-17-7-10-21(37-17)39(34,35)29-28-23(31)19-12-36-20(27-19)13-38(32,33)18-8-5-16(25)6-9-18/h1-10,12,29H,11,13H2,(H,26,30)(H,28,31). The van der Waals surface area contributed by atoms with Gasteiger partial charge in [0.15, 0.2) is 9.84 Å². The summed E-state index contributed by atoms with van der Waals surface area (Å²) in [6, 6.07) is 14.8. The third-order valence-electron chi connectivity index (χ3n) is 5.00. The summed E-state index contributed by atoms with van der Waals surface area (Å²) in [5.74, 6) is -1.65. The first-order chi connectivity index (χ1) is 18.4. The van der Waals surface area contributed by atoms with E-state index in [1.54, 1.807) is 24.3 Å². The van der Waals surface area contributed by atoms with E-state index < -0.39 is 31.5 Å². The second-order valence-corrected chi connectivity index (χ2v) is 14.7. The van der Waals surface area contributed by atoms with Gasteiger partial charge in [0.05, 0.1) is 11.4 Å². The number of thiazole rings is 1. The Hall–Kier alpha value is -2.85. The number of thiophene rings is 1. The molecule has 204 valence electrons. The Morgan fingerprint density at radius 3 is 2.15 bits per heavy atom. The largest absolute Gasteiger partial charge is 0.347 e. The highest BCUT2D eigenvalue weighted by molar-refractivity contribution is 7.91. The Bertz CT molecular complexity index is 1720. The van der Waals surface area contributed by atoms with Crippen LogP contribution < -0.4 is 15.6 Å². The number of halogens is 2. The van der Waals surface area contributed by atoms with Gasteiger partial charge in [0.2, 0.25) is 0 Å². The molecule has 2 amide bonds. The molecule has 2 heterocycles. The van der Waals surface area contributed by atoms with Gasteiger partial charge in [-0.3, -0.25) is 15.0 Å². The number of sulfonamides is 1. The van der Waals surface area contributed by atoms with E-state index >= 15 is 0 Å². The third-order valence-corrected chi connectivity index (χ3v) is 11.0. The molecule has 4 aromatic rings. The molecule has 0 aliphatic heterocycles. The first-order valence-corrected chi connectivity index (χ1v) is 16.4. The predicted octanol–water partition coefficient (Wildman–Crippen LogP) is 4.04. The highest BCUT2D eigenvalue weighted by Crippen LogP contribution is 2.23. The smallest absolute Gasteiger partial charge is 0.285 e. The maximum Gasteiger partial charge on any atom is 0.285 e. The molecule has 3 N–H and O–H groups in total. The van der Waals surface area contributed by atoms with Crippen molar-refractivity contribution >= 4 is 77.6 Å². The molecule has 16 heteroatoms. The number of rotatable bonds is 10. The van der Waals surface area contributed by atoms with E-state index in [1.807, 2.05) is 4.83 Å². The molecule has 0 fully saturated rings. The highest BCUT2D eigenvalue weighted by Gasteiger charge is 2.22. The van der Waals surface area contributed by atoms with E-state index in [-0.39, 0.29) is 32.3 Å². The van der Waals surface area contributed by atoms with Gasteiger partial charge in [0.25, 0.3) is 21.8 Å². The van der Waals surface area contributed by atoms with Gasteiger partial charge in [0.1, 0.15) is 20.7 Å². The lowest BCUT2D eigenvalue weighted by Crippen LogP contribution is -2.41. The maximum absolute atomic E-state index is 12.6. The number of amides is 2. The molecule has 4 rings (SSSR count). The second-order valence-electron chi connectivity index (χ2n) is 7.81. The molecular formula is C23H18Cl2N4O6S4. The van der Waals surface area contributed by atoms with Crippen molar-refractivity contribution < 1.29 is 26.4 Å². The van der Waals surface area contributed by atoms with Crippen LogP contribution in [-0.4, -0.2) is 33.6 Å². The normalized spacial score (nSPS) is 11.7. The average molecular weight is 646 g/mol. The van der Waals surface area contributed by atoms with Crippen molar-refractivity contribution in [2.75, 3.05) is 0 Å². The Morgan fingerprint density at radius 2 is 1.49 bits per heavy atom. The van der Waals surface area contributed by atoms with Crippen LogP contribution in [0.5, 0.6) is 0 Å². The van der Waals surface area contributed by atoms with Crippen LogP contribution in [0.15, 0.2) is 75.1 Å². The monoisotopic (exact) mass is 644 g/mol. The summed E-state index contributed by atoms with van der Waals surface area (Å²) in [6.07, 6.45) is 0. The summed E-state index contributed by atoms with van der Waals surface area (Å²) in [4.78, 5) is 31.3. The first kappa shape index (κ1) is 29.1. The van der Waals surface area contributed by atoms with Crippen LogP contribution in [0.4, 0.5) is 0 Å². The van der Waals surface area contributed by atoms with Gasteiger partial charge < -0.3 is 5.32 Å². The second kappa shape index (κ2) is 12.1. The average Bonchev–Trinajstić information content (AvgIpc) is 3.57. The fraction of sp³-hybridized carbons (Fsp3) is 0.0870. The lowest BCUT2D eigenvalue weighted by atomic mass is 10.2. The van der Waals surface area contributed by atoms with Crippen LogP contribution in [0, 0.1) is 0 Å².